The van der Waals surface area contributed by atoms with E-state index in [0.29, 0.717) is 19.0 Å². The molecule has 0 spiro atoms. The smallest absolute Gasteiger partial charge is 0.223 e. The van der Waals surface area contributed by atoms with Crippen LogP contribution in [0.5, 0.6) is 0 Å². The molecular formula is C11H25IN4O. The molecule has 2 N–H and O–H groups in total. The molecule has 0 aromatic carbocycles. The van der Waals surface area contributed by atoms with Gasteiger partial charge in [-0.2, -0.15) is 0 Å². The van der Waals surface area contributed by atoms with Crippen LogP contribution in [-0.4, -0.2) is 50.5 Å². The quantitative estimate of drug-likeness (QED) is 0.440. The molecule has 0 saturated heterocycles. The van der Waals surface area contributed by atoms with Crippen LogP contribution in [0.15, 0.2) is 4.99 Å². The molecule has 1 amide bonds. The topological polar surface area (TPSA) is 56.7 Å². The van der Waals surface area contributed by atoms with Gasteiger partial charge in [-0.15, -0.1) is 24.0 Å². The number of carbonyl (C=O) groups excluding carboxylic acids is 1. The normalized spacial score (nSPS) is 12.4. The van der Waals surface area contributed by atoms with Crippen LogP contribution in [0, 0.1) is 0 Å². The van der Waals surface area contributed by atoms with Crippen molar-refractivity contribution in [1.82, 2.24) is 15.5 Å². The first-order chi connectivity index (χ1) is 7.51. The Bertz CT molecular complexity index is 244. The van der Waals surface area contributed by atoms with E-state index in [1.807, 2.05) is 0 Å². The van der Waals surface area contributed by atoms with Crippen LogP contribution in [-0.2, 0) is 4.79 Å². The molecule has 0 fully saturated rings. The molecule has 0 bridgehead atoms. The fraction of sp³-hybridized carbons (Fsp3) is 0.818. The van der Waals surface area contributed by atoms with Crippen LogP contribution in [0.1, 0.15) is 26.7 Å². The number of nitrogens with one attached hydrogen (secondary N) is 2. The van der Waals surface area contributed by atoms with E-state index in [1.165, 1.54) is 0 Å². The maximum absolute atomic E-state index is 11.3. The number of halogens is 1. The predicted octanol–water partition coefficient (Wildman–Crippen LogP) is 1.05. The third-order valence-corrected chi connectivity index (χ3v) is 2.35. The molecule has 1 atom stereocenters. The molecule has 0 rings (SSSR count). The van der Waals surface area contributed by atoms with Crippen molar-refractivity contribution in [1.29, 1.82) is 0 Å². The van der Waals surface area contributed by atoms with Crippen molar-refractivity contribution < 1.29 is 4.79 Å². The minimum absolute atomic E-state index is 0. The zero-order valence-electron chi connectivity index (χ0n) is 11.4. The van der Waals surface area contributed by atoms with Gasteiger partial charge in [0.2, 0.25) is 5.91 Å². The lowest BCUT2D eigenvalue weighted by Crippen LogP contribution is -2.43. The molecule has 0 saturated carbocycles. The average Bonchev–Trinajstić information content (AvgIpc) is 2.26. The van der Waals surface area contributed by atoms with Gasteiger partial charge in [-0.25, -0.2) is 0 Å². The van der Waals surface area contributed by atoms with Crippen molar-refractivity contribution in [3.8, 4) is 0 Å². The first-order valence-electron chi connectivity index (χ1n) is 5.68. The number of nitrogens with zero attached hydrogens (tertiary/aromatic N) is 2. The summed E-state index contributed by atoms with van der Waals surface area (Å²) in [6.07, 6.45) is 1.52. The van der Waals surface area contributed by atoms with Gasteiger partial charge in [0.25, 0.3) is 0 Å². The van der Waals surface area contributed by atoms with Crippen molar-refractivity contribution >= 4 is 35.8 Å². The number of amides is 1. The molecule has 0 aliphatic carbocycles. The molecular weight excluding hydrogens is 331 g/mol. The predicted molar refractivity (Wildman–Crippen MR) is 83.0 cm³/mol. The summed E-state index contributed by atoms with van der Waals surface area (Å²) in [5, 5.41) is 6.35. The summed E-state index contributed by atoms with van der Waals surface area (Å²) >= 11 is 0. The van der Waals surface area contributed by atoms with Crippen molar-refractivity contribution in [2.45, 2.75) is 32.7 Å². The monoisotopic (exact) mass is 356 g/mol. The van der Waals surface area contributed by atoms with Gasteiger partial charge in [-0.1, -0.05) is 6.92 Å². The second-order valence-electron chi connectivity index (χ2n) is 3.99. The fourth-order valence-corrected chi connectivity index (χ4v) is 1.04. The van der Waals surface area contributed by atoms with E-state index in [9.17, 15) is 4.79 Å². The Morgan fingerprint density at radius 1 is 1.41 bits per heavy atom. The van der Waals surface area contributed by atoms with E-state index in [0.717, 1.165) is 12.4 Å². The summed E-state index contributed by atoms with van der Waals surface area (Å²) in [7, 11) is 5.24. The first-order valence-corrected chi connectivity index (χ1v) is 5.68. The van der Waals surface area contributed by atoms with Gasteiger partial charge in [0.05, 0.1) is 0 Å². The maximum atomic E-state index is 11.3. The van der Waals surface area contributed by atoms with E-state index in [2.05, 4.69) is 29.5 Å². The first kappa shape index (κ1) is 18.8. The van der Waals surface area contributed by atoms with E-state index in [4.69, 9.17) is 0 Å². The van der Waals surface area contributed by atoms with Gasteiger partial charge < -0.3 is 15.5 Å². The van der Waals surface area contributed by atoms with E-state index >= 15 is 0 Å². The number of hydrogen-bond acceptors (Lipinski definition) is 2. The summed E-state index contributed by atoms with van der Waals surface area (Å²) in [5.74, 6) is 0.868. The fourth-order valence-electron chi connectivity index (χ4n) is 1.04. The molecule has 0 aromatic rings. The molecule has 0 aromatic heterocycles. The van der Waals surface area contributed by atoms with Crippen LogP contribution in [0.3, 0.4) is 0 Å². The molecule has 0 aliphatic rings. The molecule has 6 heteroatoms. The number of hydrogen-bond donors (Lipinski definition) is 2. The molecule has 0 aliphatic heterocycles. The standard InChI is InChI=1S/C11H24N4O.HI/c1-6-9(2)14-11(12-3)13-8-7-10(16)15(4)5;/h9H,6-8H2,1-5H3,(H2,12,13,14);1H. The molecule has 0 heterocycles. The van der Waals surface area contributed by atoms with Gasteiger partial charge in [-0.05, 0) is 13.3 Å². The van der Waals surface area contributed by atoms with Crippen molar-refractivity contribution in [3.63, 3.8) is 0 Å². The summed E-state index contributed by atoms with van der Waals surface area (Å²) in [6.45, 7) is 4.81. The molecule has 102 valence electrons. The number of rotatable bonds is 5. The van der Waals surface area contributed by atoms with Gasteiger partial charge in [-0.3, -0.25) is 9.79 Å². The molecule has 17 heavy (non-hydrogen) atoms. The van der Waals surface area contributed by atoms with Crippen LogP contribution >= 0.6 is 24.0 Å². The van der Waals surface area contributed by atoms with Crippen LogP contribution in [0.4, 0.5) is 0 Å². The zero-order chi connectivity index (χ0) is 12.6. The second kappa shape index (κ2) is 10.6. The van der Waals surface area contributed by atoms with Crippen LogP contribution < -0.4 is 10.6 Å². The second-order valence-corrected chi connectivity index (χ2v) is 3.99. The Kier molecular flexibility index (Phi) is 11.8. The molecule has 1 unspecified atom stereocenters. The lowest BCUT2D eigenvalue weighted by Gasteiger charge is -2.17. The average molecular weight is 356 g/mol. The van der Waals surface area contributed by atoms with Crippen molar-refractivity contribution in [2.75, 3.05) is 27.7 Å². The highest BCUT2D eigenvalue weighted by Crippen LogP contribution is 1.88. The SMILES string of the molecule is CCC(C)NC(=NC)NCCC(=O)N(C)C.I. The van der Waals surface area contributed by atoms with Gasteiger partial charge in [0.1, 0.15) is 0 Å². The number of carbonyl (C=O) groups is 1. The molecule has 0 radical (unpaired) electrons. The lowest BCUT2D eigenvalue weighted by molar-refractivity contribution is -0.128. The lowest BCUT2D eigenvalue weighted by atomic mass is 10.3. The molecule has 5 nitrogen and oxygen atoms in total. The summed E-state index contributed by atoms with van der Waals surface area (Å²) in [4.78, 5) is 17.0. The highest BCUT2D eigenvalue weighted by atomic mass is 127. The Hall–Kier alpha value is -0.530. The Balaban J connectivity index is 0. The summed E-state index contributed by atoms with van der Waals surface area (Å²) < 4.78 is 0. The number of guanidine groups is 1. The maximum Gasteiger partial charge on any atom is 0.223 e. The van der Waals surface area contributed by atoms with E-state index in [-0.39, 0.29) is 29.9 Å². The van der Waals surface area contributed by atoms with Gasteiger partial charge >= 0.3 is 0 Å². The highest BCUT2D eigenvalue weighted by Gasteiger charge is 2.05. The van der Waals surface area contributed by atoms with E-state index in [1.54, 1.807) is 26.0 Å². The minimum Gasteiger partial charge on any atom is -0.356 e. The van der Waals surface area contributed by atoms with Crippen molar-refractivity contribution in [3.05, 3.63) is 0 Å². The minimum atomic E-state index is 0. The Labute approximate surface area is 121 Å². The highest BCUT2D eigenvalue weighted by molar-refractivity contribution is 14.0. The Morgan fingerprint density at radius 3 is 2.41 bits per heavy atom. The summed E-state index contributed by atoms with van der Waals surface area (Å²) in [6, 6.07) is 0.385. The van der Waals surface area contributed by atoms with Crippen molar-refractivity contribution in [2.24, 2.45) is 4.99 Å². The van der Waals surface area contributed by atoms with Crippen LogP contribution in [0.25, 0.3) is 0 Å². The van der Waals surface area contributed by atoms with Gasteiger partial charge in [0, 0.05) is 40.2 Å². The third-order valence-electron chi connectivity index (χ3n) is 2.35. The Morgan fingerprint density at radius 2 is 2.00 bits per heavy atom. The third kappa shape index (κ3) is 9.20. The van der Waals surface area contributed by atoms with Gasteiger partial charge in [0.15, 0.2) is 5.96 Å². The number of aliphatic imine (C=N–C) groups is 1. The van der Waals surface area contributed by atoms with E-state index < -0.39 is 0 Å². The zero-order valence-corrected chi connectivity index (χ0v) is 13.7. The largest absolute Gasteiger partial charge is 0.356 e. The van der Waals surface area contributed by atoms with Crippen LogP contribution in [0.2, 0.25) is 0 Å². The summed E-state index contributed by atoms with van der Waals surface area (Å²) in [5.41, 5.74) is 0.